The second-order valence-electron chi connectivity index (χ2n) is 5.52. The number of methoxy groups -OCH3 is 1. The lowest BCUT2D eigenvalue weighted by molar-refractivity contribution is 0.265. The van der Waals surface area contributed by atoms with Gasteiger partial charge in [0.25, 0.3) is 0 Å². The smallest absolute Gasteiger partial charge is 0.145 e. The van der Waals surface area contributed by atoms with Crippen molar-refractivity contribution < 1.29 is 4.74 Å². The Morgan fingerprint density at radius 2 is 2.24 bits per heavy atom. The van der Waals surface area contributed by atoms with Crippen LogP contribution in [0.4, 0.5) is 0 Å². The lowest BCUT2D eigenvalue weighted by Crippen LogP contribution is -2.32. The van der Waals surface area contributed by atoms with Crippen molar-refractivity contribution >= 4 is 10.9 Å². The van der Waals surface area contributed by atoms with Gasteiger partial charge in [0.2, 0.25) is 0 Å². The number of ether oxygens (including phenoxy) is 1. The monoisotopic (exact) mass is 285 g/mol. The van der Waals surface area contributed by atoms with Crippen molar-refractivity contribution in [1.82, 2.24) is 15.2 Å². The molecule has 1 aromatic heterocycles. The number of aromatic nitrogens is 1. The number of rotatable bonds is 4. The molecule has 0 bridgehead atoms. The van der Waals surface area contributed by atoms with E-state index in [0.717, 1.165) is 43.9 Å². The summed E-state index contributed by atoms with van der Waals surface area (Å²) in [7, 11) is 3.71. The van der Waals surface area contributed by atoms with Gasteiger partial charge in [0.1, 0.15) is 11.3 Å². The van der Waals surface area contributed by atoms with E-state index in [1.54, 1.807) is 7.11 Å². The van der Waals surface area contributed by atoms with Crippen LogP contribution >= 0.6 is 0 Å². The first kappa shape index (κ1) is 14.3. The Morgan fingerprint density at radius 1 is 1.38 bits per heavy atom. The standard InChI is InChI=1S/C17H23N3O/c1-4-20-9-8-15-14(11-20)13(10-18-2)12-6-5-7-16(21-3)17(12)19-15/h5-7,18H,4,8-11H2,1-3H3. The predicted molar refractivity (Wildman–Crippen MR) is 85.7 cm³/mol. The molecule has 4 heteroatoms. The van der Waals surface area contributed by atoms with Gasteiger partial charge in [-0.15, -0.1) is 0 Å². The summed E-state index contributed by atoms with van der Waals surface area (Å²) in [5.41, 5.74) is 5.00. The Morgan fingerprint density at radius 3 is 2.95 bits per heavy atom. The molecule has 0 amide bonds. The van der Waals surface area contributed by atoms with Gasteiger partial charge >= 0.3 is 0 Å². The summed E-state index contributed by atoms with van der Waals surface area (Å²) in [6.45, 7) is 6.28. The maximum Gasteiger partial charge on any atom is 0.145 e. The van der Waals surface area contributed by atoms with Gasteiger partial charge < -0.3 is 10.1 Å². The minimum absolute atomic E-state index is 0.866. The zero-order valence-electron chi connectivity index (χ0n) is 13.1. The highest BCUT2D eigenvalue weighted by atomic mass is 16.5. The number of likely N-dealkylation sites (N-methyl/N-ethyl adjacent to an activating group) is 1. The van der Waals surface area contributed by atoms with E-state index in [2.05, 4.69) is 29.3 Å². The Labute approximate surface area is 126 Å². The number of nitrogens with one attached hydrogen (secondary N) is 1. The lowest BCUT2D eigenvalue weighted by Gasteiger charge is -2.29. The van der Waals surface area contributed by atoms with Crippen molar-refractivity contribution in [2.75, 3.05) is 27.2 Å². The van der Waals surface area contributed by atoms with E-state index in [9.17, 15) is 0 Å². The molecule has 1 aliphatic rings. The molecule has 1 aliphatic heterocycles. The van der Waals surface area contributed by atoms with E-state index in [-0.39, 0.29) is 0 Å². The summed E-state index contributed by atoms with van der Waals surface area (Å²) >= 11 is 0. The number of fused-ring (bicyclic) bond motifs is 2. The second kappa shape index (κ2) is 6.00. The summed E-state index contributed by atoms with van der Waals surface area (Å²) in [5, 5.41) is 4.52. The van der Waals surface area contributed by atoms with Gasteiger partial charge in [-0.1, -0.05) is 19.1 Å². The first-order valence-electron chi connectivity index (χ1n) is 7.62. The molecule has 2 heterocycles. The van der Waals surface area contributed by atoms with Crippen molar-refractivity contribution in [1.29, 1.82) is 0 Å². The molecule has 21 heavy (non-hydrogen) atoms. The SMILES string of the molecule is CCN1CCc2nc3c(OC)cccc3c(CNC)c2C1. The zero-order chi connectivity index (χ0) is 14.8. The number of pyridine rings is 1. The fourth-order valence-electron chi connectivity index (χ4n) is 3.19. The van der Waals surface area contributed by atoms with Crippen LogP contribution in [0.15, 0.2) is 18.2 Å². The second-order valence-corrected chi connectivity index (χ2v) is 5.52. The highest BCUT2D eigenvalue weighted by molar-refractivity contribution is 5.88. The average molecular weight is 285 g/mol. The van der Waals surface area contributed by atoms with Crippen molar-refractivity contribution in [3.05, 3.63) is 35.0 Å². The topological polar surface area (TPSA) is 37.4 Å². The number of benzene rings is 1. The van der Waals surface area contributed by atoms with Gasteiger partial charge in [-0.05, 0) is 30.8 Å². The molecule has 0 aliphatic carbocycles. The Hall–Kier alpha value is -1.65. The van der Waals surface area contributed by atoms with Crippen LogP contribution in [0.3, 0.4) is 0 Å². The molecule has 2 aromatic rings. The van der Waals surface area contributed by atoms with Crippen LogP contribution in [0.5, 0.6) is 5.75 Å². The highest BCUT2D eigenvalue weighted by Crippen LogP contribution is 2.32. The summed E-state index contributed by atoms with van der Waals surface area (Å²) in [5.74, 6) is 0.866. The maximum atomic E-state index is 5.50. The molecule has 0 spiro atoms. The van der Waals surface area contributed by atoms with E-state index in [0.29, 0.717) is 0 Å². The highest BCUT2D eigenvalue weighted by Gasteiger charge is 2.22. The van der Waals surface area contributed by atoms with Crippen LogP contribution in [0, 0.1) is 0 Å². The average Bonchev–Trinajstić information content (AvgIpc) is 2.54. The number of para-hydroxylation sites is 1. The van der Waals surface area contributed by atoms with Crippen molar-refractivity contribution in [3.63, 3.8) is 0 Å². The summed E-state index contributed by atoms with van der Waals surface area (Å²) in [6, 6.07) is 6.20. The van der Waals surface area contributed by atoms with E-state index in [1.165, 1.54) is 22.2 Å². The molecule has 3 rings (SSSR count). The van der Waals surface area contributed by atoms with Crippen molar-refractivity contribution in [2.45, 2.75) is 26.4 Å². The molecule has 112 valence electrons. The van der Waals surface area contributed by atoms with Crippen molar-refractivity contribution in [3.8, 4) is 5.75 Å². The molecule has 0 fully saturated rings. The normalized spacial score (nSPS) is 15.2. The zero-order valence-corrected chi connectivity index (χ0v) is 13.1. The van der Waals surface area contributed by atoms with Gasteiger partial charge in [0.05, 0.1) is 7.11 Å². The molecule has 0 atom stereocenters. The number of hydrogen-bond donors (Lipinski definition) is 1. The fourth-order valence-corrected chi connectivity index (χ4v) is 3.19. The minimum atomic E-state index is 0.866. The van der Waals surface area contributed by atoms with Crippen LogP contribution in [0.1, 0.15) is 23.7 Å². The maximum absolute atomic E-state index is 5.50. The van der Waals surface area contributed by atoms with Gasteiger partial charge in [-0.25, -0.2) is 4.98 Å². The quantitative estimate of drug-likeness (QED) is 0.935. The molecule has 0 unspecified atom stereocenters. The van der Waals surface area contributed by atoms with E-state index >= 15 is 0 Å². The third-order valence-corrected chi connectivity index (χ3v) is 4.35. The minimum Gasteiger partial charge on any atom is -0.494 e. The van der Waals surface area contributed by atoms with Gasteiger partial charge in [-0.3, -0.25) is 4.90 Å². The molecule has 1 aromatic carbocycles. The molecular formula is C17H23N3O. The lowest BCUT2D eigenvalue weighted by atomic mass is 9.95. The van der Waals surface area contributed by atoms with Crippen LogP contribution < -0.4 is 10.1 Å². The molecule has 0 radical (unpaired) electrons. The third kappa shape index (κ3) is 2.49. The molecular weight excluding hydrogens is 262 g/mol. The van der Waals surface area contributed by atoms with E-state index in [4.69, 9.17) is 9.72 Å². The van der Waals surface area contributed by atoms with Crippen LogP contribution in [-0.4, -0.2) is 37.1 Å². The summed E-state index contributed by atoms with van der Waals surface area (Å²) < 4.78 is 5.50. The number of hydrogen-bond acceptors (Lipinski definition) is 4. The Kier molecular flexibility index (Phi) is 4.08. The van der Waals surface area contributed by atoms with Crippen LogP contribution in [0.25, 0.3) is 10.9 Å². The largest absolute Gasteiger partial charge is 0.494 e. The van der Waals surface area contributed by atoms with Gasteiger partial charge in [0, 0.05) is 37.1 Å². The van der Waals surface area contributed by atoms with Gasteiger partial charge in [-0.2, -0.15) is 0 Å². The number of nitrogens with zero attached hydrogens (tertiary/aromatic N) is 2. The summed E-state index contributed by atoms with van der Waals surface area (Å²) in [6.07, 6.45) is 1.02. The first-order valence-corrected chi connectivity index (χ1v) is 7.62. The summed E-state index contributed by atoms with van der Waals surface area (Å²) in [4.78, 5) is 7.40. The Bertz CT molecular complexity index is 654. The van der Waals surface area contributed by atoms with Crippen molar-refractivity contribution in [2.24, 2.45) is 0 Å². The molecule has 4 nitrogen and oxygen atoms in total. The van der Waals surface area contributed by atoms with Gasteiger partial charge in [0.15, 0.2) is 0 Å². The third-order valence-electron chi connectivity index (χ3n) is 4.35. The molecule has 0 saturated heterocycles. The van der Waals surface area contributed by atoms with Crippen LogP contribution in [0.2, 0.25) is 0 Å². The molecule has 0 saturated carbocycles. The first-order chi connectivity index (χ1) is 10.3. The van der Waals surface area contributed by atoms with E-state index in [1.807, 2.05) is 13.1 Å². The predicted octanol–water partition coefficient (Wildman–Crippen LogP) is 2.34. The Balaban J connectivity index is 2.23. The fraction of sp³-hybridized carbons (Fsp3) is 0.471. The van der Waals surface area contributed by atoms with Crippen LogP contribution in [-0.2, 0) is 19.5 Å². The molecule has 1 N–H and O–H groups in total. The van der Waals surface area contributed by atoms with E-state index < -0.39 is 0 Å².